The molecule has 1 aromatic carbocycles. The summed E-state index contributed by atoms with van der Waals surface area (Å²) in [5.41, 5.74) is 0.882. The molecule has 1 heterocycles. The number of carbonyl (C=O) groups excluding carboxylic acids is 2. The second-order valence-corrected chi connectivity index (χ2v) is 6.12. The van der Waals surface area contributed by atoms with E-state index in [1.54, 1.807) is 6.07 Å². The van der Waals surface area contributed by atoms with Gasteiger partial charge in [0.05, 0.1) is 0 Å². The van der Waals surface area contributed by atoms with Crippen LogP contribution >= 0.6 is 0 Å². The summed E-state index contributed by atoms with van der Waals surface area (Å²) in [4.78, 5) is 23.6. The highest BCUT2D eigenvalue weighted by Crippen LogP contribution is 2.21. The lowest BCUT2D eigenvalue weighted by molar-refractivity contribution is -0.121. The number of amides is 3. The van der Waals surface area contributed by atoms with E-state index in [4.69, 9.17) is 4.52 Å². The molecule has 1 aliphatic carbocycles. The molecule has 1 aromatic heterocycles. The topological polar surface area (TPSA) is 96.3 Å². The lowest BCUT2D eigenvalue weighted by Crippen LogP contribution is -2.36. The molecule has 7 nitrogen and oxygen atoms in total. The van der Waals surface area contributed by atoms with Crippen molar-refractivity contribution < 1.29 is 14.1 Å². The van der Waals surface area contributed by atoms with Crippen LogP contribution in [0.4, 0.5) is 10.6 Å². The van der Waals surface area contributed by atoms with Gasteiger partial charge in [0.25, 0.3) is 0 Å². The minimum atomic E-state index is -0.415. The molecule has 0 bridgehead atoms. The van der Waals surface area contributed by atoms with E-state index in [1.807, 2.05) is 30.3 Å². The Kier molecular flexibility index (Phi) is 5.66. The Hall–Kier alpha value is -2.83. The molecular weight excluding hydrogens is 320 g/mol. The molecule has 132 valence electrons. The molecule has 0 spiro atoms. The largest absolute Gasteiger partial charge is 0.354 e. The number of aromatic nitrogens is 1. The van der Waals surface area contributed by atoms with Crippen LogP contribution in [0, 0.1) is 0 Å². The zero-order valence-electron chi connectivity index (χ0n) is 14.0. The predicted octanol–water partition coefficient (Wildman–Crippen LogP) is 2.91. The van der Waals surface area contributed by atoms with Crippen LogP contribution in [0.1, 0.15) is 32.1 Å². The fourth-order valence-corrected chi connectivity index (χ4v) is 2.89. The third-order valence-corrected chi connectivity index (χ3v) is 4.17. The van der Waals surface area contributed by atoms with Crippen LogP contribution in [-0.4, -0.2) is 29.7 Å². The number of nitrogens with zero attached hydrogens (tertiary/aromatic N) is 1. The molecule has 3 N–H and O–H groups in total. The fraction of sp³-hybridized carbons (Fsp3) is 0.389. The summed E-state index contributed by atoms with van der Waals surface area (Å²) in [6, 6.07) is 11.0. The molecule has 0 radical (unpaired) electrons. The Morgan fingerprint density at radius 2 is 1.92 bits per heavy atom. The summed E-state index contributed by atoms with van der Waals surface area (Å²) in [5.74, 6) is 0.874. The van der Waals surface area contributed by atoms with Crippen molar-refractivity contribution in [2.75, 3.05) is 11.9 Å². The number of urea groups is 1. The molecule has 2 aromatic rings. The number of nitrogens with one attached hydrogen (secondary N) is 3. The number of carbonyl (C=O) groups is 2. The predicted molar refractivity (Wildman–Crippen MR) is 94.0 cm³/mol. The third kappa shape index (κ3) is 5.07. The van der Waals surface area contributed by atoms with Crippen LogP contribution in [0.15, 0.2) is 40.9 Å². The van der Waals surface area contributed by atoms with Crippen molar-refractivity contribution in [1.82, 2.24) is 15.8 Å². The first-order valence-corrected chi connectivity index (χ1v) is 8.57. The number of hydrogen-bond donors (Lipinski definition) is 3. The average Bonchev–Trinajstić information content (AvgIpc) is 3.27. The second kappa shape index (κ2) is 8.32. The molecule has 0 saturated heterocycles. The van der Waals surface area contributed by atoms with E-state index >= 15 is 0 Å². The van der Waals surface area contributed by atoms with Crippen LogP contribution in [0.2, 0.25) is 0 Å². The van der Waals surface area contributed by atoms with Crippen LogP contribution < -0.4 is 16.0 Å². The molecule has 0 aliphatic heterocycles. The van der Waals surface area contributed by atoms with Crippen molar-refractivity contribution in [3.05, 3.63) is 36.4 Å². The molecule has 7 heteroatoms. The van der Waals surface area contributed by atoms with E-state index < -0.39 is 6.03 Å². The first-order valence-electron chi connectivity index (χ1n) is 8.57. The maximum absolute atomic E-state index is 11.8. The second-order valence-electron chi connectivity index (χ2n) is 6.12. The van der Waals surface area contributed by atoms with Crippen molar-refractivity contribution >= 4 is 17.8 Å². The first kappa shape index (κ1) is 17.0. The summed E-state index contributed by atoms with van der Waals surface area (Å²) in [6.45, 7) is 0.272. The van der Waals surface area contributed by atoms with Crippen molar-refractivity contribution in [3.8, 4) is 11.3 Å². The standard InChI is InChI=1S/C18H22N4O3/c23-17(20-14-8-4-5-9-14)10-11-19-18(24)21-16-12-15(25-22-16)13-6-2-1-3-7-13/h1-3,6-7,12,14H,4-5,8-11H2,(H,20,23)(H2,19,21,22,24). The van der Waals surface area contributed by atoms with Gasteiger partial charge in [-0.1, -0.05) is 48.3 Å². The quantitative estimate of drug-likeness (QED) is 0.752. The Morgan fingerprint density at radius 1 is 1.16 bits per heavy atom. The summed E-state index contributed by atoms with van der Waals surface area (Å²) in [5, 5.41) is 12.0. The lowest BCUT2D eigenvalue weighted by atomic mass is 10.2. The summed E-state index contributed by atoms with van der Waals surface area (Å²) in [7, 11) is 0. The molecular formula is C18H22N4O3. The minimum absolute atomic E-state index is 0.0278. The molecule has 0 atom stereocenters. The summed E-state index contributed by atoms with van der Waals surface area (Å²) in [6.07, 6.45) is 4.71. The van der Waals surface area contributed by atoms with Crippen LogP contribution in [0.5, 0.6) is 0 Å². The molecule has 1 saturated carbocycles. The van der Waals surface area contributed by atoms with E-state index in [0.717, 1.165) is 18.4 Å². The molecule has 3 amide bonds. The number of anilines is 1. The maximum Gasteiger partial charge on any atom is 0.320 e. The average molecular weight is 342 g/mol. The maximum atomic E-state index is 11.8. The monoisotopic (exact) mass is 342 g/mol. The summed E-state index contributed by atoms with van der Waals surface area (Å²) < 4.78 is 5.21. The van der Waals surface area contributed by atoms with Crippen molar-refractivity contribution in [3.63, 3.8) is 0 Å². The van der Waals surface area contributed by atoms with Gasteiger partial charge in [-0.25, -0.2) is 4.79 Å². The molecule has 0 unspecified atom stereocenters. The number of hydrogen-bond acceptors (Lipinski definition) is 4. The Labute approximate surface area is 146 Å². The van der Waals surface area contributed by atoms with Gasteiger partial charge in [-0.2, -0.15) is 0 Å². The van der Waals surface area contributed by atoms with Gasteiger partial charge in [0, 0.05) is 30.6 Å². The van der Waals surface area contributed by atoms with Gasteiger partial charge in [-0.15, -0.1) is 0 Å². The van der Waals surface area contributed by atoms with Gasteiger partial charge in [-0.3, -0.25) is 10.1 Å². The normalized spacial score (nSPS) is 14.2. The molecule has 25 heavy (non-hydrogen) atoms. The lowest BCUT2D eigenvalue weighted by Gasteiger charge is -2.11. The zero-order valence-corrected chi connectivity index (χ0v) is 14.0. The van der Waals surface area contributed by atoms with Crippen molar-refractivity contribution in [1.29, 1.82) is 0 Å². The van der Waals surface area contributed by atoms with Gasteiger partial charge < -0.3 is 15.2 Å². The van der Waals surface area contributed by atoms with Crippen LogP contribution in [0.25, 0.3) is 11.3 Å². The minimum Gasteiger partial charge on any atom is -0.354 e. The highest BCUT2D eigenvalue weighted by Gasteiger charge is 2.17. The van der Waals surface area contributed by atoms with Crippen molar-refractivity contribution in [2.45, 2.75) is 38.1 Å². The van der Waals surface area contributed by atoms with Gasteiger partial charge in [-0.05, 0) is 12.8 Å². The SMILES string of the molecule is O=C(CCNC(=O)Nc1cc(-c2ccccc2)on1)NC1CCCC1. The van der Waals surface area contributed by atoms with Crippen LogP contribution in [0.3, 0.4) is 0 Å². The zero-order chi connectivity index (χ0) is 17.5. The Morgan fingerprint density at radius 3 is 2.68 bits per heavy atom. The van der Waals surface area contributed by atoms with E-state index in [0.29, 0.717) is 17.6 Å². The van der Waals surface area contributed by atoms with Gasteiger partial charge >= 0.3 is 6.03 Å². The van der Waals surface area contributed by atoms with E-state index in [9.17, 15) is 9.59 Å². The smallest absolute Gasteiger partial charge is 0.320 e. The van der Waals surface area contributed by atoms with Crippen molar-refractivity contribution in [2.24, 2.45) is 0 Å². The molecule has 1 aliphatic rings. The van der Waals surface area contributed by atoms with E-state index in [2.05, 4.69) is 21.1 Å². The molecule has 3 rings (SSSR count). The number of rotatable bonds is 6. The van der Waals surface area contributed by atoms with Gasteiger partial charge in [0.2, 0.25) is 5.91 Å². The van der Waals surface area contributed by atoms with Gasteiger partial charge in [0.1, 0.15) is 0 Å². The van der Waals surface area contributed by atoms with E-state index in [1.165, 1.54) is 12.8 Å². The molecule has 1 fully saturated rings. The van der Waals surface area contributed by atoms with E-state index in [-0.39, 0.29) is 18.9 Å². The van der Waals surface area contributed by atoms with Gasteiger partial charge in [0.15, 0.2) is 11.6 Å². The summed E-state index contributed by atoms with van der Waals surface area (Å²) >= 11 is 0. The fourth-order valence-electron chi connectivity index (χ4n) is 2.89. The third-order valence-electron chi connectivity index (χ3n) is 4.17. The Bertz CT molecular complexity index is 708. The highest BCUT2D eigenvalue weighted by atomic mass is 16.5. The first-order chi connectivity index (χ1) is 12.2. The highest BCUT2D eigenvalue weighted by molar-refractivity contribution is 5.89. The number of benzene rings is 1. The van der Waals surface area contributed by atoms with Crippen LogP contribution in [-0.2, 0) is 4.79 Å². The Balaban J connectivity index is 1.39.